The zero-order valence-electron chi connectivity index (χ0n) is 21.8. The Hall–Kier alpha value is -3.60. The lowest BCUT2D eigenvalue weighted by molar-refractivity contribution is -0.141. The molecule has 1 fully saturated rings. The molecule has 0 aromatic heterocycles. The van der Waals surface area contributed by atoms with Crippen LogP contribution >= 0.6 is 0 Å². The van der Waals surface area contributed by atoms with E-state index in [1.54, 1.807) is 4.90 Å². The van der Waals surface area contributed by atoms with Crippen LogP contribution in [0.1, 0.15) is 55.2 Å². The number of hydrogen-bond donors (Lipinski definition) is 1. The first kappa shape index (κ1) is 26.5. The maximum absolute atomic E-state index is 13.7. The van der Waals surface area contributed by atoms with Crippen molar-refractivity contribution in [2.24, 2.45) is 0 Å². The average molecular weight is 499 g/mol. The van der Waals surface area contributed by atoms with Gasteiger partial charge in [-0.2, -0.15) is 0 Å². The molecule has 0 aliphatic heterocycles. The number of ether oxygens (including phenoxy) is 1. The number of benzene rings is 3. The Kier molecular flexibility index (Phi) is 9.75. The van der Waals surface area contributed by atoms with Crippen LogP contribution in [-0.2, 0) is 22.6 Å². The fourth-order valence-corrected chi connectivity index (χ4v) is 4.89. The lowest BCUT2D eigenvalue weighted by atomic mass is 10.0. The minimum absolute atomic E-state index is 0.0288. The highest BCUT2D eigenvalue weighted by molar-refractivity contribution is 5.88. The maximum Gasteiger partial charge on any atom is 0.243 e. The van der Waals surface area contributed by atoms with Crippen molar-refractivity contribution in [3.63, 3.8) is 0 Å². The molecule has 1 aliphatic carbocycles. The summed E-state index contributed by atoms with van der Waals surface area (Å²) in [6.07, 6.45) is 5.68. The molecular weight excluding hydrogens is 460 g/mol. The maximum atomic E-state index is 13.7. The third-order valence-corrected chi connectivity index (χ3v) is 6.99. The number of nitrogens with one attached hydrogen (secondary N) is 1. The van der Waals surface area contributed by atoms with E-state index in [9.17, 15) is 9.59 Å². The Bertz CT molecular complexity index is 1110. The minimum Gasteiger partial charge on any atom is -0.494 e. The van der Waals surface area contributed by atoms with E-state index in [0.717, 1.165) is 42.6 Å². The van der Waals surface area contributed by atoms with E-state index in [0.29, 0.717) is 32.4 Å². The van der Waals surface area contributed by atoms with Crippen molar-refractivity contribution in [1.82, 2.24) is 10.2 Å². The average Bonchev–Trinajstić information content (AvgIpc) is 3.43. The van der Waals surface area contributed by atoms with E-state index >= 15 is 0 Å². The summed E-state index contributed by atoms with van der Waals surface area (Å²) in [5, 5.41) is 3.26. The number of nitrogens with zero attached hydrogens (tertiary/aromatic N) is 1. The van der Waals surface area contributed by atoms with Gasteiger partial charge in [-0.1, -0.05) is 91.2 Å². The van der Waals surface area contributed by atoms with Gasteiger partial charge >= 0.3 is 0 Å². The number of amides is 2. The number of carbonyl (C=O) groups is 2. The molecule has 194 valence electrons. The predicted octanol–water partition coefficient (Wildman–Crippen LogP) is 5.85. The van der Waals surface area contributed by atoms with Crippen LogP contribution in [0, 0.1) is 6.92 Å². The largest absolute Gasteiger partial charge is 0.494 e. The molecule has 5 heteroatoms. The van der Waals surface area contributed by atoms with Crippen LogP contribution < -0.4 is 10.1 Å². The zero-order valence-corrected chi connectivity index (χ0v) is 21.8. The fraction of sp³-hybridized carbons (Fsp3) is 0.375. The molecule has 5 nitrogen and oxygen atoms in total. The Labute approximate surface area is 220 Å². The smallest absolute Gasteiger partial charge is 0.243 e. The number of hydrogen-bond acceptors (Lipinski definition) is 3. The number of aryl methyl sites for hydroxylation is 1. The van der Waals surface area contributed by atoms with Gasteiger partial charge in [0, 0.05) is 25.4 Å². The van der Waals surface area contributed by atoms with Gasteiger partial charge < -0.3 is 15.0 Å². The van der Waals surface area contributed by atoms with Gasteiger partial charge in [0.25, 0.3) is 0 Å². The number of carbonyl (C=O) groups excluding carboxylic acids is 2. The molecule has 4 rings (SSSR count). The van der Waals surface area contributed by atoms with E-state index in [-0.39, 0.29) is 17.9 Å². The molecule has 3 aromatic rings. The highest BCUT2D eigenvalue weighted by Gasteiger charge is 2.31. The van der Waals surface area contributed by atoms with Gasteiger partial charge in [0.05, 0.1) is 6.61 Å². The third kappa shape index (κ3) is 8.21. The second-order valence-electron chi connectivity index (χ2n) is 9.97. The second-order valence-corrected chi connectivity index (χ2v) is 9.97. The first-order chi connectivity index (χ1) is 18.1. The molecule has 1 saturated carbocycles. The van der Waals surface area contributed by atoms with E-state index < -0.39 is 6.04 Å². The highest BCUT2D eigenvalue weighted by atomic mass is 16.5. The summed E-state index contributed by atoms with van der Waals surface area (Å²) >= 11 is 0. The molecule has 0 heterocycles. The first-order valence-electron chi connectivity index (χ1n) is 13.5. The van der Waals surface area contributed by atoms with Crippen molar-refractivity contribution in [3.8, 4) is 5.75 Å². The van der Waals surface area contributed by atoms with Crippen LogP contribution in [0.5, 0.6) is 5.75 Å². The van der Waals surface area contributed by atoms with Crippen molar-refractivity contribution in [1.29, 1.82) is 0 Å². The van der Waals surface area contributed by atoms with Crippen molar-refractivity contribution in [2.75, 3.05) is 6.61 Å². The number of rotatable bonds is 12. The Balaban J connectivity index is 1.49. The van der Waals surface area contributed by atoms with Crippen molar-refractivity contribution in [2.45, 2.75) is 70.5 Å². The summed E-state index contributed by atoms with van der Waals surface area (Å²) in [7, 11) is 0. The summed E-state index contributed by atoms with van der Waals surface area (Å²) in [6, 6.07) is 27.4. The molecule has 3 aromatic carbocycles. The molecule has 1 aliphatic rings. The SMILES string of the molecule is Cc1ccc(OCCCC(=O)N(Cc2ccccc2)[C@@H](Cc2ccccc2)C(=O)NC2CCCC2)cc1. The van der Waals surface area contributed by atoms with E-state index in [1.807, 2.05) is 91.9 Å². The molecule has 0 spiro atoms. The Morgan fingerprint density at radius 2 is 1.51 bits per heavy atom. The summed E-state index contributed by atoms with van der Waals surface area (Å²) in [6.45, 7) is 2.89. The van der Waals surface area contributed by atoms with E-state index in [2.05, 4.69) is 5.32 Å². The van der Waals surface area contributed by atoms with Crippen LogP contribution in [0.2, 0.25) is 0 Å². The van der Waals surface area contributed by atoms with E-state index in [1.165, 1.54) is 5.56 Å². The van der Waals surface area contributed by atoms with Gasteiger partial charge in [-0.15, -0.1) is 0 Å². The molecule has 37 heavy (non-hydrogen) atoms. The normalized spacial score (nSPS) is 14.2. The summed E-state index contributed by atoms with van der Waals surface area (Å²) in [4.78, 5) is 29.1. The molecule has 2 amide bonds. The van der Waals surface area contributed by atoms with Crippen molar-refractivity contribution >= 4 is 11.8 Å². The van der Waals surface area contributed by atoms with Gasteiger partial charge in [0.1, 0.15) is 11.8 Å². The molecular formula is C32H38N2O3. The van der Waals surface area contributed by atoms with Crippen molar-refractivity contribution < 1.29 is 14.3 Å². The zero-order chi connectivity index (χ0) is 25.9. The summed E-state index contributed by atoms with van der Waals surface area (Å²) in [5.41, 5.74) is 3.24. The molecule has 1 atom stereocenters. The van der Waals surface area contributed by atoms with Gasteiger partial charge in [0.2, 0.25) is 11.8 Å². The minimum atomic E-state index is -0.575. The molecule has 0 saturated heterocycles. The van der Waals surface area contributed by atoms with Crippen molar-refractivity contribution in [3.05, 3.63) is 102 Å². The lowest BCUT2D eigenvalue weighted by Crippen LogP contribution is -2.52. The van der Waals surface area contributed by atoms with Crippen LogP contribution in [-0.4, -0.2) is 35.4 Å². The second kappa shape index (κ2) is 13.6. The molecule has 0 bridgehead atoms. The summed E-state index contributed by atoms with van der Waals surface area (Å²) in [5.74, 6) is 0.715. The Morgan fingerprint density at radius 1 is 0.892 bits per heavy atom. The van der Waals surface area contributed by atoms with Gasteiger partial charge in [-0.05, 0) is 49.4 Å². The van der Waals surface area contributed by atoms with Crippen LogP contribution in [0.15, 0.2) is 84.9 Å². The van der Waals surface area contributed by atoms with E-state index in [4.69, 9.17) is 4.74 Å². The fourth-order valence-electron chi connectivity index (χ4n) is 4.89. The first-order valence-corrected chi connectivity index (χ1v) is 13.5. The molecule has 0 unspecified atom stereocenters. The molecule has 1 N–H and O–H groups in total. The van der Waals surface area contributed by atoms with Crippen LogP contribution in [0.3, 0.4) is 0 Å². The lowest BCUT2D eigenvalue weighted by Gasteiger charge is -2.32. The van der Waals surface area contributed by atoms with Gasteiger partial charge in [-0.3, -0.25) is 9.59 Å². The van der Waals surface area contributed by atoms with Crippen LogP contribution in [0.25, 0.3) is 0 Å². The monoisotopic (exact) mass is 498 g/mol. The topological polar surface area (TPSA) is 58.6 Å². The quantitative estimate of drug-likeness (QED) is 0.319. The Morgan fingerprint density at radius 3 is 2.16 bits per heavy atom. The van der Waals surface area contributed by atoms with Gasteiger partial charge in [0.15, 0.2) is 0 Å². The highest BCUT2D eigenvalue weighted by Crippen LogP contribution is 2.21. The standard InChI is InChI=1S/C32H38N2O3/c1-25-18-20-29(21-19-25)37-22-10-17-31(35)34(24-27-13-6-3-7-14-27)30(23-26-11-4-2-5-12-26)32(36)33-28-15-8-9-16-28/h2-7,11-14,18-21,28,30H,8-10,15-17,22-24H2,1H3,(H,33,36)/t30-/m0/s1. The molecule has 0 radical (unpaired) electrons. The predicted molar refractivity (Wildman–Crippen MR) is 147 cm³/mol. The van der Waals surface area contributed by atoms with Gasteiger partial charge in [-0.25, -0.2) is 0 Å². The third-order valence-electron chi connectivity index (χ3n) is 6.99. The van der Waals surface area contributed by atoms with Crippen LogP contribution in [0.4, 0.5) is 0 Å². The summed E-state index contributed by atoms with van der Waals surface area (Å²) < 4.78 is 5.85.